The van der Waals surface area contributed by atoms with Crippen molar-refractivity contribution in [2.75, 3.05) is 0 Å². The van der Waals surface area contributed by atoms with Gasteiger partial charge < -0.3 is 10.2 Å². The third-order valence-electron chi connectivity index (χ3n) is 6.11. The average Bonchev–Trinajstić information content (AvgIpc) is 3.13. The van der Waals surface area contributed by atoms with Gasteiger partial charge in [0.25, 0.3) is 5.91 Å². The number of aromatic nitrogens is 1. The molecule has 3 aromatic rings. The highest BCUT2D eigenvalue weighted by Gasteiger charge is 2.39. The minimum absolute atomic E-state index is 0.0972. The van der Waals surface area contributed by atoms with Crippen LogP contribution in [0.25, 0.3) is 10.9 Å². The maximum absolute atomic E-state index is 12.8. The largest absolute Gasteiger partial charge is 0.352 e. The summed E-state index contributed by atoms with van der Waals surface area (Å²) in [6.45, 7) is 0.654. The summed E-state index contributed by atoms with van der Waals surface area (Å²) in [5.41, 5.74) is 4.05. The highest BCUT2D eigenvalue weighted by atomic mass is 16.2. The number of imide groups is 1. The molecule has 1 fully saturated rings. The molecule has 0 bridgehead atoms. The van der Waals surface area contributed by atoms with E-state index in [2.05, 4.69) is 15.6 Å². The Morgan fingerprint density at radius 1 is 1.09 bits per heavy atom. The Hall–Kier alpha value is -4.07. The number of fused-ring (bicyclic) bond motifs is 2. The number of hydrogen-bond donors (Lipinski definition) is 2. The fourth-order valence-electron chi connectivity index (χ4n) is 4.42. The molecule has 1 atom stereocenters. The fraction of sp³-hybridized carbons (Fsp3) is 0.240. The molecule has 1 saturated heterocycles. The first-order chi connectivity index (χ1) is 16.0. The summed E-state index contributed by atoms with van der Waals surface area (Å²) in [4.78, 5) is 54.6. The number of carbonyl (C=O) groups excluding carboxylic acids is 4. The van der Waals surface area contributed by atoms with Crippen LogP contribution >= 0.6 is 0 Å². The van der Waals surface area contributed by atoms with Crippen molar-refractivity contribution >= 4 is 34.5 Å². The monoisotopic (exact) mass is 442 g/mol. The number of amides is 4. The molecule has 166 valence electrons. The molecule has 2 N–H and O–H groups in total. The molecule has 2 aliphatic rings. The molecule has 33 heavy (non-hydrogen) atoms. The molecule has 5 rings (SSSR count). The van der Waals surface area contributed by atoms with Crippen molar-refractivity contribution in [2.24, 2.45) is 0 Å². The van der Waals surface area contributed by atoms with E-state index in [1.54, 1.807) is 12.3 Å². The van der Waals surface area contributed by atoms with E-state index in [0.717, 1.165) is 27.6 Å². The molecule has 1 unspecified atom stereocenters. The molecule has 0 radical (unpaired) electrons. The maximum Gasteiger partial charge on any atom is 0.255 e. The van der Waals surface area contributed by atoms with Crippen LogP contribution < -0.4 is 10.6 Å². The van der Waals surface area contributed by atoms with Gasteiger partial charge in [-0.3, -0.25) is 29.5 Å². The Morgan fingerprint density at radius 2 is 1.94 bits per heavy atom. The van der Waals surface area contributed by atoms with Gasteiger partial charge >= 0.3 is 0 Å². The van der Waals surface area contributed by atoms with Crippen LogP contribution in [0.1, 0.15) is 39.9 Å². The topological polar surface area (TPSA) is 108 Å². The zero-order valence-electron chi connectivity index (χ0n) is 17.8. The minimum Gasteiger partial charge on any atom is -0.352 e. The normalized spacial score (nSPS) is 17.8. The van der Waals surface area contributed by atoms with Crippen LogP contribution in [0.2, 0.25) is 0 Å². The van der Waals surface area contributed by atoms with E-state index in [9.17, 15) is 19.2 Å². The van der Waals surface area contributed by atoms with Crippen molar-refractivity contribution < 1.29 is 19.2 Å². The average molecular weight is 442 g/mol. The molecule has 0 spiro atoms. The second-order valence-electron chi connectivity index (χ2n) is 8.38. The molecule has 1 aromatic heterocycles. The number of piperidine rings is 1. The summed E-state index contributed by atoms with van der Waals surface area (Å²) < 4.78 is 0. The Morgan fingerprint density at radius 3 is 2.79 bits per heavy atom. The molecular weight excluding hydrogens is 420 g/mol. The van der Waals surface area contributed by atoms with Crippen LogP contribution in [0, 0.1) is 0 Å². The second-order valence-corrected chi connectivity index (χ2v) is 8.38. The molecule has 8 nitrogen and oxygen atoms in total. The van der Waals surface area contributed by atoms with Crippen LogP contribution in [0.5, 0.6) is 0 Å². The van der Waals surface area contributed by atoms with Crippen molar-refractivity contribution in [2.45, 2.75) is 38.4 Å². The van der Waals surface area contributed by atoms with E-state index in [1.165, 1.54) is 4.90 Å². The maximum atomic E-state index is 12.8. The number of nitrogens with zero attached hydrogens (tertiary/aromatic N) is 2. The summed E-state index contributed by atoms with van der Waals surface area (Å²) in [7, 11) is 0. The molecule has 0 saturated carbocycles. The van der Waals surface area contributed by atoms with Gasteiger partial charge in [0.15, 0.2) is 0 Å². The first kappa shape index (κ1) is 20.8. The Bertz CT molecular complexity index is 1300. The highest BCUT2D eigenvalue weighted by Crippen LogP contribution is 2.28. The van der Waals surface area contributed by atoms with E-state index in [-0.39, 0.29) is 30.6 Å². The Kier molecular flexibility index (Phi) is 5.34. The quantitative estimate of drug-likeness (QED) is 0.587. The summed E-state index contributed by atoms with van der Waals surface area (Å²) in [5, 5.41) is 6.23. The molecule has 8 heteroatoms. The third kappa shape index (κ3) is 4.19. The van der Waals surface area contributed by atoms with Crippen LogP contribution in [0.4, 0.5) is 0 Å². The van der Waals surface area contributed by atoms with Crippen molar-refractivity contribution in [1.29, 1.82) is 0 Å². The SMILES string of the molecule is O=C(Cc1ccc2ncccc2c1)NCc1ccc2c(c1)CN(C1CCC(=O)NC1=O)C2=O. The number of pyridine rings is 1. The van der Waals surface area contributed by atoms with Crippen molar-refractivity contribution in [3.8, 4) is 0 Å². The van der Waals surface area contributed by atoms with Crippen molar-refractivity contribution in [3.63, 3.8) is 0 Å². The number of rotatable bonds is 5. The van der Waals surface area contributed by atoms with E-state index in [0.29, 0.717) is 25.1 Å². The predicted octanol–water partition coefficient (Wildman–Crippen LogP) is 1.85. The lowest BCUT2D eigenvalue weighted by Crippen LogP contribution is -2.52. The molecule has 3 heterocycles. The van der Waals surface area contributed by atoms with Gasteiger partial charge in [0.05, 0.1) is 11.9 Å². The molecular formula is C25H22N4O4. The number of benzene rings is 2. The van der Waals surface area contributed by atoms with E-state index < -0.39 is 11.9 Å². The van der Waals surface area contributed by atoms with Crippen LogP contribution in [0.3, 0.4) is 0 Å². The number of carbonyl (C=O) groups is 4. The van der Waals surface area contributed by atoms with E-state index in [4.69, 9.17) is 0 Å². The zero-order chi connectivity index (χ0) is 22.9. The van der Waals surface area contributed by atoms with Crippen molar-refractivity contribution in [1.82, 2.24) is 20.5 Å². The van der Waals surface area contributed by atoms with Gasteiger partial charge in [-0.05, 0) is 47.4 Å². The van der Waals surface area contributed by atoms with Gasteiger partial charge in [-0.15, -0.1) is 0 Å². The summed E-state index contributed by atoms with van der Waals surface area (Å²) >= 11 is 0. The fourth-order valence-corrected chi connectivity index (χ4v) is 4.42. The summed E-state index contributed by atoms with van der Waals surface area (Å²) in [6, 6.07) is 14.4. The lowest BCUT2D eigenvalue weighted by Gasteiger charge is -2.29. The minimum atomic E-state index is -0.636. The number of nitrogens with one attached hydrogen (secondary N) is 2. The molecule has 2 aromatic carbocycles. The van der Waals surface area contributed by atoms with Crippen LogP contribution in [0.15, 0.2) is 54.7 Å². The first-order valence-corrected chi connectivity index (χ1v) is 10.8. The highest BCUT2D eigenvalue weighted by molar-refractivity contribution is 6.05. The second kappa shape index (κ2) is 8.46. The third-order valence-corrected chi connectivity index (χ3v) is 6.11. The van der Waals surface area contributed by atoms with E-state index in [1.807, 2.05) is 42.5 Å². The lowest BCUT2D eigenvalue weighted by molar-refractivity contribution is -0.137. The molecule has 0 aliphatic carbocycles. The van der Waals surface area contributed by atoms with E-state index >= 15 is 0 Å². The molecule has 2 aliphatic heterocycles. The van der Waals surface area contributed by atoms with Crippen LogP contribution in [-0.4, -0.2) is 39.6 Å². The first-order valence-electron chi connectivity index (χ1n) is 10.8. The van der Waals surface area contributed by atoms with Gasteiger partial charge in [-0.2, -0.15) is 0 Å². The van der Waals surface area contributed by atoms with Gasteiger partial charge in [-0.25, -0.2) is 0 Å². The van der Waals surface area contributed by atoms with Gasteiger partial charge in [0.2, 0.25) is 17.7 Å². The van der Waals surface area contributed by atoms with Gasteiger partial charge in [0.1, 0.15) is 6.04 Å². The lowest BCUT2D eigenvalue weighted by atomic mass is 10.0. The molecule has 4 amide bonds. The number of hydrogen-bond acceptors (Lipinski definition) is 5. The Balaban J connectivity index is 1.21. The Labute approximate surface area is 190 Å². The van der Waals surface area contributed by atoms with Crippen LogP contribution in [-0.2, 0) is 33.9 Å². The predicted molar refractivity (Wildman–Crippen MR) is 120 cm³/mol. The van der Waals surface area contributed by atoms with Gasteiger partial charge in [0, 0.05) is 36.7 Å². The van der Waals surface area contributed by atoms with Gasteiger partial charge in [-0.1, -0.05) is 24.3 Å². The van der Waals surface area contributed by atoms with Crippen molar-refractivity contribution in [3.05, 3.63) is 77.0 Å². The summed E-state index contributed by atoms with van der Waals surface area (Å²) in [6.07, 6.45) is 2.56. The zero-order valence-corrected chi connectivity index (χ0v) is 17.8. The summed E-state index contributed by atoms with van der Waals surface area (Å²) in [5.74, 6) is -1.04. The smallest absolute Gasteiger partial charge is 0.255 e. The standard InChI is InChI=1S/C25H22N4O4/c30-22-8-7-21(24(32)28-22)29-14-18-11-16(3-5-19(18)25(29)33)13-27-23(31)12-15-4-6-20-17(10-15)2-1-9-26-20/h1-6,9-11,21H,7-8,12-14H2,(H,27,31)(H,28,30,32).